The van der Waals surface area contributed by atoms with E-state index < -0.39 is 11.9 Å². The summed E-state index contributed by atoms with van der Waals surface area (Å²) in [5.74, 6) is 1.01. The van der Waals surface area contributed by atoms with Gasteiger partial charge < -0.3 is 15.8 Å². The molecule has 38 heavy (non-hydrogen) atoms. The van der Waals surface area contributed by atoms with Gasteiger partial charge in [0, 0.05) is 35.6 Å². The molecule has 10 nitrogen and oxygen atoms in total. The van der Waals surface area contributed by atoms with Crippen LogP contribution in [0.25, 0.3) is 16.6 Å². The van der Waals surface area contributed by atoms with E-state index in [0.717, 1.165) is 22.3 Å². The van der Waals surface area contributed by atoms with E-state index in [9.17, 15) is 9.59 Å². The predicted molar refractivity (Wildman–Crippen MR) is 145 cm³/mol. The van der Waals surface area contributed by atoms with E-state index in [0.29, 0.717) is 23.0 Å². The molecule has 3 aromatic heterocycles. The molecule has 0 aliphatic heterocycles. The Hall–Kier alpha value is -5.25. The molecule has 0 spiro atoms. The summed E-state index contributed by atoms with van der Waals surface area (Å²) in [7, 11) is 0. The second kappa shape index (κ2) is 10.4. The number of rotatable bonds is 7. The summed E-state index contributed by atoms with van der Waals surface area (Å²) in [5, 5.41) is 11.4. The van der Waals surface area contributed by atoms with E-state index in [4.69, 9.17) is 15.6 Å². The zero-order valence-corrected chi connectivity index (χ0v) is 20.8. The summed E-state index contributed by atoms with van der Waals surface area (Å²) in [6.07, 6.45) is 3.20. The number of carbonyl (C=O) groups excluding carboxylic acids is 2. The molecule has 2 aromatic carbocycles. The van der Waals surface area contributed by atoms with E-state index >= 15 is 0 Å². The lowest BCUT2D eigenvalue weighted by Crippen LogP contribution is -2.21. The standard InChI is InChI=1S/C28H25N7O3/c1-17(2)24-16-26(35(34-24)20-7-10-23-18(14-20)4-3-12-30-23)33-28(37)32-19-5-8-21(9-6-19)38-22-11-13-31-25(15-22)27(29)36/h3-17H,1-2H3,(H2,29,36)(H2,32,33,37). The van der Waals surface area contributed by atoms with Gasteiger partial charge >= 0.3 is 6.03 Å². The van der Waals surface area contributed by atoms with Crippen molar-refractivity contribution >= 4 is 34.3 Å². The molecular weight excluding hydrogens is 482 g/mol. The lowest BCUT2D eigenvalue weighted by Gasteiger charge is -2.11. The van der Waals surface area contributed by atoms with E-state index in [1.165, 1.54) is 12.3 Å². The summed E-state index contributed by atoms with van der Waals surface area (Å²) in [4.78, 5) is 32.5. The van der Waals surface area contributed by atoms with Crippen molar-refractivity contribution in [2.24, 2.45) is 5.73 Å². The highest BCUT2D eigenvalue weighted by Crippen LogP contribution is 2.26. The van der Waals surface area contributed by atoms with Crippen molar-refractivity contribution in [2.45, 2.75) is 19.8 Å². The van der Waals surface area contributed by atoms with Crippen LogP contribution in [0.2, 0.25) is 0 Å². The highest BCUT2D eigenvalue weighted by Gasteiger charge is 2.15. The SMILES string of the molecule is CC(C)c1cc(NC(=O)Nc2ccc(Oc3ccnc(C(N)=O)c3)cc2)n(-c2ccc3ncccc3c2)n1. The number of urea groups is 1. The van der Waals surface area contributed by atoms with Gasteiger partial charge in [0.15, 0.2) is 0 Å². The molecular formula is C28H25N7O3. The summed E-state index contributed by atoms with van der Waals surface area (Å²) in [5.41, 5.74) is 8.48. The Bertz CT molecular complexity index is 1630. The molecule has 0 bridgehead atoms. The first kappa shape index (κ1) is 24.4. The van der Waals surface area contributed by atoms with Crippen molar-refractivity contribution in [2.75, 3.05) is 10.6 Å². The maximum absolute atomic E-state index is 12.9. The van der Waals surface area contributed by atoms with E-state index in [1.807, 2.05) is 50.2 Å². The molecule has 0 aliphatic carbocycles. The Morgan fingerprint density at radius 1 is 0.895 bits per heavy atom. The smallest absolute Gasteiger partial charge is 0.324 e. The minimum Gasteiger partial charge on any atom is -0.457 e. The lowest BCUT2D eigenvalue weighted by atomic mass is 10.1. The van der Waals surface area contributed by atoms with Crippen LogP contribution in [0.3, 0.4) is 0 Å². The van der Waals surface area contributed by atoms with Crippen LogP contribution in [-0.2, 0) is 0 Å². The molecule has 190 valence electrons. The van der Waals surface area contributed by atoms with Gasteiger partial charge in [0.25, 0.3) is 5.91 Å². The van der Waals surface area contributed by atoms with Gasteiger partial charge in [0.1, 0.15) is 23.0 Å². The third-order valence-corrected chi connectivity index (χ3v) is 5.72. The molecule has 0 aliphatic rings. The molecule has 3 amide bonds. The van der Waals surface area contributed by atoms with Gasteiger partial charge in [-0.15, -0.1) is 0 Å². The number of hydrogen-bond acceptors (Lipinski definition) is 6. The van der Waals surface area contributed by atoms with E-state index in [2.05, 4.69) is 20.6 Å². The minimum atomic E-state index is -0.638. The van der Waals surface area contributed by atoms with Crippen molar-refractivity contribution in [1.29, 1.82) is 0 Å². The van der Waals surface area contributed by atoms with Gasteiger partial charge in [0.2, 0.25) is 0 Å². The maximum Gasteiger partial charge on any atom is 0.324 e. The van der Waals surface area contributed by atoms with Gasteiger partial charge in [-0.05, 0) is 60.5 Å². The van der Waals surface area contributed by atoms with E-state index in [-0.39, 0.29) is 11.6 Å². The number of nitrogens with two attached hydrogens (primary N) is 1. The normalized spacial score (nSPS) is 10.9. The van der Waals surface area contributed by atoms with Crippen LogP contribution < -0.4 is 21.1 Å². The zero-order chi connectivity index (χ0) is 26.6. The predicted octanol–water partition coefficient (Wildman–Crippen LogP) is 5.47. The molecule has 0 atom stereocenters. The first-order chi connectivity index (χ1) is 18.4. The summed E-state index contributed by atoms with van der Waals surface area (Å²) in [6.45, 7) is 4.09. The first-order valence-electron chi connectivity index (χ1n) is 11.9. The molecule has 0 saturated heterocycles. The molecule has 0 saturated carbocycles. The number of ether oxygens (including phenoxy) is 1. The number of nitrogens with one attached hydrogen (secondary N) is 2. The van der Waals surface area contributed by atoms with Crippen molar-refractivity contribution in [3.8, 4) is 17.2 Å². The quantitative estimate of drug-likeness (QED) is 0.267. The average Bonchev–Trinajstić information content (AvgIpc) is 3.33. The number of fused-ring (bicyclic) bond motifs is 1. The highest BCUT2D eigenvalue weighted by molar-refractivity contribution is 5.99. The van der Waals surface area contributed by atoms with Gasteiger partial charge in [0.05, 0.1) is 16.9 Å². The number of pyridine rings is 2. The number of carbonyl (C=O) groups is 2. The number of nitrogens with zero attached hydrogens (tertiary/aromatic N) is 4. The number of amides is 3. The van der Waals surface area contributed by atoms with Crippen molar-refractivity contribution in [3.63, 3.8) is 0 Å². The first-order valence-corrected chi connectivity index (χ1v) is 11.9. The van der Waals surface area contributed by atoms with Gasteiger partial charge in [-0.3, -0.25) is 20.1 Å². The van der Waals surface area contributed by atoms with Crippen molar-refractivity contribution in [3.05, 3.63) is 96.6 Å². The fraction of sp³-hybridized carbons (Fsp3) is 0.107. The lowest BCUT2D eigenvalue weighted by molar-refractivity contribution is 0.0995. The second-order valence-electron chi connectivity index (χ2n) is 8.85. The molecule has 5 rings (SSSR count). The molecule has 0 unspecified atom stereocenters. The fourth-order valence-electron chi connectivity index (χ4n) is 3.79. The van der Waals surface area contributed by atoms with Crippen LogP contribution in [0.5, 0.6) is 11.5 Å². The van der Waals surface area contributed by atoms with Crippen LogP contribution in [-0.4, -0.2) is 31.7 Å². The fourth-order valence-corrected chi connectivity index (χ4v) is 3.79. The van der Waals surface area contributed by atoms with Crippen LogP contribution in [0.4, 0.5) is 16.3 Å². The molecule has 4 N–H and O–H groups in total. The highest BCUT2D eigenvalue weighted by atomic mass is 16.5. The van der Waals surface area contributed by atoms with Gasteiger partial charge in [-0.25, -0.2) is 9.48 Å². The Kier molecular flexibility index (Phi) is 6.68. The Balaban J connectivity index is 1.30. The molecule has 3 heterocycles. The Morgan fingerprint density at radius 2 is 1.71 bits per heavy atom. The largest absolute Gasteiger partial charge is 0.457 e. The molecule has 10 heteroatoms. The maximum atomic E-state index is 12.9. The van der Waals surface area contributed by atoms with E-state index in [1.54, 1.807) is 41.2 Å². The minimum absolute atomic E-state index is 0.109. The molecule has 5 aromatic rings. The average molecular weight is 508 g/mol. The van der Waals surface area contributed by atoms with Gasteiger partial charge in [-0.1, -0.05) is 19.9 Å². The number of benzene rings is 2. The molecule has 0 radical (unpaired) electrons. The number of hydrogen-bond donors (Lipinski definition) is 3. The summed E-state index contributed by atoms with van der Waals surface area (Å²) < 4.78 is 7.47. The zero-order valence-electron chi connectivity index (χ0n) is 20.8. The van der Waals surface area contributed by atoms with Gasteiger partial charge in [-0.2, -0.15) is 5.10 Å². The number of primary amides is 1. The van der Waals surface area contributed by atoms with Crippen LogP contribution >= 0.6 is 0 Å². The Labute approximate surface area is 218 Å². The molecule has 0 fully saturated rings. The van der Waals surface area contributed by atoms with Crippen LogP contribution in [0.15, 0.2) is 85.2 Å². The summed E-state index contributed by atoms with van der Waals surface area (Å²) >= 11 is 0. The van der Waals surface area contributed by atoms with Crippen molar-refractivity contribution in [1.82, 2.24) is 19.7 Å². The van der Waals surface area contributed by atoms with Crippen LogP contribution in [0.1, 0.15) is 35.9 Å². The third kappa shape index (κ3) is 5.44. The van der Waals surface area contributed by atoms with Crippen molar-refractivity contribution < 1.29 is 14.3 Å². The van der Waals surface area contributed by atoms with Crippen LogP contribution in [0, 0.1) is 0 Å². The summed E-state index contributed by atoms with van der Waals surface area (Å²) in [6, 6.07) is 21.0. The monoisotopic (exact) mass is 507 g/mol. The Morgan fingerprint density at radius 3 is 2.47 bits per heavy atom. The number of anilines is 2. The topological polar surface area (TPSA) is 137 Å². The third-order valence-electron chi connectivity index (χ3n) is 5.72. The second-order valence-corrected chi connectivity index (χ2v) is 8.85. The number of aromatic nitrogens is 4.